The third-order valence-electron chi connectivity index (χ3n) is 6.38. The molecule has 0 spiro atoms. The largest absolute Gasteiger partial charge is 0.495 e. The Morgan fingerprint density at radius 3 is 1.55 bits per heavy atom. The SMILES string of the molecule is COc1ccc(-c2ccccc2)cc1Nc1ccnc(Nc2cc(-c3ccccc3)ccc2OC)n1.Clc1cc(Cl)ncn1. The summed E-state index contributed by atoms with van der Waals surface area (Å²) >= 11 is 10.8. The van der Waals surface area contributed by atoms with Crippen LogP contribution in [0.25, 0.3) is 22.3 Å². The van der Waals surface area contributed by atoms with E-state index in [-0.39, 0.29) is 0 Å². The molecule has 8 nitrogen and oxygen atoms in total. The first-order valence-corrected chi connectivity index (χ1v) is 14.2. The minimum atomic E-state index is 0.366. The van der Waals surface area contributed by atoms with Crippen LogP contribution >= 0.6 is 23.2 Å². The van der Waals surface area contributed by atoms with Crippen LogP contribution in [0.1, 0.15) is 0 Å². The minimum absolute atomic E-state index is 0.366. The average molecular weight is 624 g/mol. The fourth-order valence-corrected chi connectivity index (χ4v) is 4.64. The summed E-state index contributed by atoms with van der Waals surface area (Å²) in [5, 5.41) is 7.42. The third-order valence-corrected chi connectivity index (χ3v) is 6.79. The molecule has 0 aliphatic rings. The van der Waals surface area contributed by atoms with Crippen molar-refractivity contribution in [3.8, 4) is 33.8 Å². The van der Waals surface area contributed by atoms with Gasteiger partial charge in [-0.15, -0.1) is 0 Å². The van der Waals surface area contributed by atoms with Gasteiger partial charge in [0.15, 0.2) is 0 Å². The maximum atomic E-state index is 5.58. The highest BCUT2D eigenvalue weighted by atomic mass is 35.5. The summed E-state index contributed by atoms with van der Waals surface area (Å²) in [6.07, 6.45) is 3.02. The Morgan fingerprint density at radius 1 is 0.545 bits per heavy atom. The molecule has 0 atom stereocenters. The highest BCUT2D eigenvalue weighted by Crippen LogP contribution is 2.34. The summed E-state index contributed by atoms with van der Waals surface area (Å²) in [6, 6.07) is 35.7. The Labute approximate surface area is 265 Å². The third kappa shape index (κ3) is 8.01. The molecule has 0 saturated heterocycles. The predicted octanol–water partition coefficient (Wildman–Crippen LogP) is 9.10. The summed E-state index contributed by atoms with van der Waals surface area (Å²) in [6.45, 7) is 0. The van der Waals surface area contributed by atoms with Gasteiger partial charge in [-0.1, -0.05) is 96.0 Å². The van der Waals surface area contributed by atoms with Crippen molar-refractivity contribution in [3.05, 3.63) is 132 Å². The van der Waals surface area contributed by atoms with Gasteiger partial charge in [0.1, 0.15) is 34.0 Å². The lowest BCUT2D eigenvalue weighted by atomic mass is 10.0. The van der Waals surface area contributed by atoms with E-state index in [1.54, 1.807) is 20.4 Å². The van der Waals surface area contributed by atoms with Gasteiger partial charge in [0, 0.05) is 12.3 Å². The van der Waals surface area contributed by atoms with E-state index in [9.17, 15) is 0 Å². The molecule has 0 aliphatic carbocycles. The maximum Gasteiger partial charge on any atom is 0.229 e. The Hall–Kier alpha value is -5.18. The number of ether oxygens (including phenoxy) is 2. The van der Waals surface area contributed by atoms with Gasteiger partial charge in [-0.05, 0) is 52.6 Å². The number of anilines is 4. The highest BCUT2D eigenvalue weighted by Gasteiger charge is 2.11. The standard InChI is InChI=1S/C30H26N4O2.C4H2Cl2N2/c1-35-27-15-13-23(21-9-5-3-6-10-21)19-25(27)32-29-17-18-31-30(34-29)33-26-20-24(14-16-28(26)36-2)22-11-7-4-8-12-22;5-3-1-4(6)8-2-7-3/h3-20H,1-2H3,(H2,31,32,33,34);1-2H. The van der Waals surface area contributed by atoms with E-state index in [2.05, 4.69) is 60.9 Å². The predicted molar refractivity (Wildman–Crippen MR) is 178 cm³/mol. The van der Waals surface area contributed by atoms with Crippen LogP contribution in [0.5, 0.6) is 11.5 Å². The molecular weight excluding hydrogens is 595 g/mol. The van der Waals surface area contributed by atoms with Crippen molar-refractivity contribution in [2.75, 3.05) is 24.9 Å². The van der Waals surface area contributed by atoms with Crippen LogP contribution in [-0.4, -0.2) is 34.2 Å². The molecule has 6 rings (SSSR count). The van der Waals surface area contributed by atoms with Crippen LogP contribution in [0.4, 0.5) is 23.1 Å². The molecule has 2 aromatic heterocycles. The maximum absolute atomic E-state index is 5.58. The zero-order chi connectivity index (χ0) is 30.7. The molecule has 2 heterocycles. The van der Waals surface area contributed by atoms with Crippen LogP contribution < -0.4 is 20.1 Å². The lowest BCUT2D eigenvalue weighted by molar-refractivity contribution is 0.417. The van der Waals surface area contributed by atoms with Crippen LogP contribution in [0.2, 0.25) is 10.3 Å². The molecule has 10 heteroatoms. The number of aromatic nitrogens is 4. The van der Waals surface area contributed by atoms with E-state index in [1.165, 1.54) is 12.4 Å². The van der Waals surface area contributed by atoms with E-state index in [1.807, 2.05) is 72.8 Å². The number of halogens is 2. The van der Waals surface area contributed by atoms with E-state index in [0.717, 1.165) is 39.4 Å². The zero-order valence-corrected chi connectivity index (χ0v) is 25.4. The molecule has 220 valence electrons. The summed E-state index contributed by atoms with van der Waals surface area (Å²) in [7, 11) is 3.30. The second-order valence-electron chi connectivity index (χ2n) is 9.24. The fourth-order valence-electron chi connectivity index (χ4n) is 4.29. The van der Waals surface area contributed by atoms with Crippen molar-refractivity contribution in [3.63, 3.8) is 0 Å². The zero-order valence-electron chi connectivity index (χ0n) is 23.9. The van der Waals surface area contributed by atoms with Crippen molar-refractivity contribution in [2.45, 2.75) is 0 Å². The van der Waals surface area contributed by atoms with Crippen molar-refractivity contribution >= 4 is 46.3 Å². The molecule has 44 heavy (non-hydrogen) atoms. The summed E-state index contributed by atoms with van der Waals surface area (Å²) in [4.78, 5) is 16.3. The molecule has 0 fully saturated rings. The molecule has 0 bridgehead atoms. The average Bonchev–Trinajstić information content (AvgIpc) is 3.06. The number of rotatable bonds is 8. The van der Waals surface area contributed by atoms with Gasteiger partial charge in [-0.25, -0.2) is 15.0 Å². The van der Waals surface area contributed by atoms with Gasteiger partial charge in [0.05, 0.1) is 25.6 Å². The van der Waals surface area contributed by atoms with Crippen molar-refractivity contribution in [2.24, 2.45) is 0 Å². The summed E-state index contributed by atoms with van der Waals surface area (Å²) < 4.78 is 11.2. The molecule has 0 saturated carbocycles. The van der Waals surface area contributed by atoms with Crippen LogP contribution in [-0.2, 0) is 0 Å². The number of methoxy groups -OCH3 is 2. The number of hydrogen-bond donors (Lipinski definition) is 2. The Kier molecular flexibility index (Phi) is 10.2. The molecule has 2 N–H and O–H groups in total. The second-order valence-corrected chi connectivity index (χ2v) is 10.0. The van der Waals surface area contributed by atoms with E-state index in [0.29, 0.717) is 27.8 Å². The lowest BCUT2D eigenvalue weighted by Gasteiger charge is -2.15. The van der Waals surface area contributed by atoms with E-state index in [4.69, 9.17) is 32.7 Å². The number of nitrogens with zero attached hydrogens (tertiary/aromatic N) is 4. The van der Waals surface area contributed by atoms with Crippen molar-refractivity contribution < 1.29 is 9.47 Å². The summed E-state index contributed by atoms with van der Waals surface area (Å²) in [5.74, 6) is 2.50. The van der Waals surface area contributed by atoms with Crippen molar-refractivity contribution in [1.82, 2.24) is 19.9 Å². The van der Waals surface area contributed by atoms with Crippen LogP contribution in [0.3, 0.4) is 0 Å². The van der Waals surface area contributed by atoms with E-state index >= 15 is 0 Å². The van der Waals surface area contributed by atoms with Gasteiger partial charge in [0.25, 0.3) is 0 Å². The molecule has 4 aromatic carbocycles. The first-order chi connectivity index (χ1) is 21.5. The molecule has 0 radical (unpaired) electrons. The molecule has 0 unspecified atom stereocenters. The number of nitrogens with one attached hydrogen (secondary N) is 2. The van der Waals surface area contributed by atoms with Crippen LogP contribution in [0.15, 0.2) is 122 Å². The van der Waals surface area contributed by atoms with Crippen molar-refractivity contribution in [1.29, 1.82) is 0 Å². The summed E-state index contributed by atoms with van der Waals surface area (Å²) in [5.41, 5.74) is 5.97. The smallest absolute Gasteiger partial charge is 0.229 e. The molecular formula is C34H28Cl2N6O2. The number of benzene rings is 4. The quantitative estimate of drug-likeness (QED) is 0.162. The van der Waals surface area contributed by atoms with Gasteiger partial charge in [-0.2, -0.15) is 4.98 Å². The van der Waals surface area contributed by atoms with Gasteiger partial charge < -0.3 is 20.1 Å². The Bertz CT molecular complexity index is 1700. The fraction of sp³-hybridized carbons (Fsp3) is 0.0588. The molecule has 0 aliphatic heterocycles. The highest BCUT2D eigenvalue weighted by molar-refractivity contribution is 6.33. The lowest BCUT2D eigenvalue weighted by Crippen LogP contribution is -2.02. The second kappa shape index (κ2) is 14.8. The molecule has 6 aromatic rings. The Balaban J connectivity index is 0.000000418. The number of hydrogen-bond acceptors (Lipinski definition) is 8. The monoisotopic (exact) mass is 622 g/mol. The van der Waals surface area contributed by atoms with E-state index < -0.39 is 0 Å². The van der Waals surface area contributed by atoms with Gasteiger partial charge in [0.2, 0.25) is 5.95 Å². The van der Waals surface area contributed by atoms with Gasteiger partial charge in [-0.3, -0.25) is 0 Å². The molecule has 0 amide bonds. The first-order valence-electron chi connectivity index (χ1n) is 13.5. The Morgan fingerprint density at radius 2 is 1.07 bits per heavy atom. The van der Waals surface area contributed by atoms with Gasteiger partial charge >= 0.3 is 0 Å². The minimum Gasteiger partial charge on any atom is -0.495 e. The first kappa shape index (κ1) is 30.3. The topological polar surface area (TPSA) is 94.1 Å². The normalized spacial score (nSPS) is 10.3. The van der Waals surface area contributed by atoms with Crippen LogP contribution in [0, 0.1) is 0 Å².